The zero-order valence-corrected chi connectivity index (χ0v) is 20.3. The molecule has 3 aromatic rings. The van der Waals surface area contributed by atoms with E-state index in [1.807, 2.05) is 5.43 Å². The Morgan fingerprint density at radius 3 is 2.36 bits per heavy atom. The third kappa shape index (κ3) is 6.68. The number of carbonyl (C=O) groups excluding carboxylic acids is 1. The normalized spacial score (nSPS) is 12.3. The Kier molecular flexibility index (Phi) is 8.49. The van der Waals surface area contributed by atoms with Gasteiger partial charge in [0.1, 0.15) is 5.82 Å². The van der Waals surface area contributed by atoms with E-state index in [1.54, 1.807) is 19.1 Å². The molecule has 36 heavy (non-hydrogen) atoms. The number of benzene rings is 3. The fourth-order valence-electron chi connectivity index (χ4n) is 3.18. The summed E-state index contributed by atoms with van der Waals surface area (Å²) in [7, 11) is -4.30. The number of amides is 1. The molecule has 0 radical (unpaired) electrons. The van der Waals surface area contributed by atoms with Crippen molar-refractivity contribution in [3.8, 4) is 0 Å². The summed E-state index contributed by atoms with van der Waals surface area (Å²) in [6.07, 6.45) is -3.84. The highest BCUT2D eigenvalue weighted by atomic mass is 35.5. The van der Waals surface area contributed by atoms with E-state index in [2.05, 4.69) is 5.10 Å². The highest BCUT2D eigenvalue weighted by Crippen LogP contribution is 2.31. The molecule has 6 nitrogen and oxygen atoms in total. The molecule has 0 saturated carbocycles. The number of sulfonamides is 1. The van der Waals surface area contributed by atoms with Gasteiger partial charge in [0.15, 0.2) is 0 Å². The second-order valence-corrected chi connectivity index (χ2v) is 10.0. The predicted molar refractivity (Wildman–Crippen MR) is 127 cm³/mol. The van der Waals surface area contributed by atoms with Crippen molar-refractivity contribution < 1.29 is 30.8 Å². The number of nitrogens with zero attached hydrogens (tertiary/aromatic N) is 2. The van der Waals surface area contributed by atoms with E-state index < -0.39 is 46.6 Å². The van der Waals surface area contributed by atoms with Crippen LogP contribution in [0, 0.1) is 12.7 Å². The number of carbonyl (C=O) groups is 1. The predicted octanol–water partition coefficient (Wildman–Crippen LogP) is 5.15. The fourth-order valence-corrected chi connectivity index (χ4v) is 4.77. The largest absolute Gasteiger partial charge is 0.417 e. The summed E-state index contributed by atoms with van der Waals surface area (Å²) < 4.78 is 81.0. The van der Waals surface area contributed by atoms with Crippen LogP contribution in [0.15, 0.2) is 76.7 Å². The maximum absolute atomic E-state index is 14.4. The second kappa shape index (κ2) is 11.2. The van der Waals surface area contributed by atoms with Crippen LogP contribution in [0.2, 0.25) is 5.02 Å². The van der Waals surface area contributed by atoms with Gasteiger partial charge in [0.2, 0.25) is 10.0 Å². The molecule has 0 heterocycles. The van der Waals surface area contributed by atoms with Gasteiger partial charge < -0.3 is 0 Å². The van der Waals surface area contributed by atoms with Gasteiger partial charge in [-0.1, -0.05) is 53.6 Å². The number of alkyl halides is 3. The quantitative estimate of drug-likeness (QED) is 0.243. The molecule has 0 fully saturated rings. The molecule has 0 aliphatic carbocycles. The maximum atomic E-state index is 14.4. The molecule has 190 valence electrons. The lowest BCUT2D eigenvalue weighted by atomic mass is 10.1. The van der Waals surface area contributed by atoms with Crippen molar-refractivity contribution in [1.82, 2.24) is 9.73 Å². The Bertz CT molecular complexity index is 1360. The molecular formula is C24H20ClF4N3O3S. The van der Waals surface area contributed by atoms with Crippen LogP contribution in [0.25, 0.3) is 0 Å². The lowest BCUT2D eigenvalue weighted by molar-refractivity contribution is -0.137. The van der Waals surface area contributed by atoms with Crippen LogP contribution in [-0.2, 0) is 27.5 Å². The Morgan fingerprint density at radius 2 is 1.72 bits per heavy atom. The third-order valence-corrected chi connectivity index (χ3v) is 7.19. The van der Waals surface area contributed by atoms with Crippen molar-refractivity contribution in [3.63, 3.8) is 0 Å². The molecule has 3 aromatic carbocycles. The summed E-state index contributed by atoms with van der Waals surface area (Å²) in [4.78, 5) is 12.4. The van der Waals surface area contributed by atoms with Gasteiger partial charge in [-0.05, 0) is 37.3 Å². The Morgan fingerprint density at radius 1 is 1.06 bits per heavy atom. The first-order valence-electron chi connectivity index (χ1n) is 10.4. The minimum Gasteiger partial charge on any atom is -0.272 e. The number of hydrogen-bond acceptors (Lipinski definition) is 4. The van der Waals surface area contributed by atoms with E-state index in [1.165, 1.54) is 36.4 Å². The molecule has 1 amide bonds. The summed E-state index contributed by atoms with van der Waals surface area (Å²) in [5, 5.41) is 3.49. The highest BCUT2D eigenvalue weighted by molar-refractivity contribution is 7.89. The van der Waals surface area contributed by atoms with Crippen molar-refractivity contribution >= 4 is 33.7 Å². The molecule has 0 spiro atoms. The van der Waals surface area contributed by atoms with Gasteiger partial charge in [0.05, 0.1) is 23.2 Å². The molecule has 1 N–H and O–H groups in total. The maximum Gasteiger partial charge on any atom is 0.417 e. The second-order valence-electron chi connectivity index (χ2n) is 7.66. The molecule has 0 bridgehead atoms. The lowest BCUT2D eigenvalue weighted by Crippen LogP contribution is -2.39. The van der Waals surface area contributed by atoms with Gasteiger partial charge in [-0.3, -0.25) is 4.79 Å². The minimum atomic E-state index is -4.63. The Labute approximate surface area is 210 Å². The average molecular weight is 542 g/mol. The molecule has 0 aromatic heterocycles. The number of aryl methyl sites for hydroxylation is 1. The number of rotatable bonds is 8. The first-order chi connectivity index (χ1) is 16.9. The number of halogens is 5. The number of hydrazone groups is 1. The fraction of sp³-hybridized carbons (Fsp3) is 0.167. The van der Waals surface area contributed by atoms with Crippen LogP contribution >= 0.6 is 11.6 Å². The molecule has 0 unspecified atom stereocenters. The van der Waals surface area contributed by atoms with Crippen molar-refractivity contribution in [3.05, 3.63) is 99.8 Å². The standard InChI is InChI=1S/C24H20ClF4N3O3S/c1-16-9-11-18(12-10-16)36(34,35)32(14-19-21(25)7-4-8-22(19)26)15-23(33)31-30-13-17-5-2-3-6-20(17)24(27,28)29/h2-13H,14-15H2,1H3,(H,31,33)/b30-13-. The van der Waals surface area contributed by atoms with Gasteiger partial charge in [-0.15, -0.1) is 0 Å². The van der Waals surface area contributed by atoms with Crippen molar-refractivity contribution in [2.24, 2.45) is 5.10 Å². The molecule has 0 aliphatic rings. The van der Waals surface area contributed by atoms with Crippen LogP contribution in [0.5, 0.6) is 0 Å². The van der Waals surface area contributed by atoms with Gasteiger partial charge >= 0.3 is 6.18 Å². The first-order valence-corrected chi connectivity index (χ1v) is 12.2. The summed E-state index contributed by atoms with van der Waals surface area (Å²) in [5.74, 6) is -1.73. The number of hydrogen-bond donors (Lipinski definition) is 1. The monoisotopic (exact) mass is 541 g/mol. The van der Waals surface area contributed by atoms with E-state index in [9.17, 15) is 30.8 Å². The smallest absolute Gasteiger partial charge is 0.272 e. The van der Waals surface area contributed by atoms with Crippen molar-refractivity contribution in [2.75, 3.05) is 6.54 Å². The van der Waals surface area contributed by atoms with Crippen molar-refractivity contribution in [2.45, 2.75) is 24.5 Å². The van der Waals surface area contributed by atoms with E-state index in [0.29, 0.717) is 4.31 Å². The van der Waals surface area contributed by atoms with E-state index in [-0.39, 0.29) is 21.0 Å². The molecule has 12 heteroatoms. The van der Waals surface area contributed by atoms with Gasteiger partial charge in [-0.25, -0.2) is 18.2 Å². The zero-order valence-electron chi connectivity index (χ0n) is 18.8. The summed E-state index contributed by atoms with van der Waals surface area (Å²) >= 11 is 6.05. The van der Waals surface area contributed by atoms with Crippen LogP contribution in [-0.4, -0.2) is 31.4 Å². The molecule has 0 aliphatic heterocycles. The van der Waals surface area contributed by atoms with Crippen LogP contribution in [0.4, 0.5) is 17.6 Å². The van der Waals surface area contributed by atoms with Crippen LogP contribution in [0.3, 0.4) is 0 Å². The average Bonchev–Trinajstić information content (AvgIpc) is 2.80. The summed E-state index contributed by atoms with van der Waals surface area (Å²) in [6, 6.07) is 14.2. The Hall–Kier alpha value is -3.28. The van der Waals surface area contributed by atoms with Gasteiger partial charge in [-0.2, -0.15) is 22.6 Å². The molecule has 0 atom stereocenters. The number of nitrogens with one attached hydrogen (secondary N) is 1. The third-order valence-electron chi connectivity index (χ3n) is 5.03. The van der Waals surface area contributed by atoms with Gasteiger partial charge in [0.25, 0.3) is 5.91 Å². The first kappa shape index (κ1) is 27.3. The summed E-state index contributed by atoms with van der Waals surface area (Å²) in [5.41, 5.74) is 1.41. The zero-order chi connectivity index (χ0) is 26.5. The minimum absolute atomic E-state index is 0.0405. The highest BCUT2D eigenvalue weighted by Gasteiger charge is 2.32. The lowest BCUT2D eigenvalue weighted by Gasteiger charge is -2.22. The molecule has 0 saturated heterocycles. The SMILES string of the molecule is Cc1ccc(S(=O)(=O)N(CC(=O)N/N=C\c2ccccc2C(F)(F)F)Cc2c(F)cccc2Cl)cc1. The van der Waals surface area contributed by atoms with Gasteiger partial charge in [0, 0.05) is 22.7 Å². The van der Waals surface area contributed by atoms with Crippen molar-refractivity contribution in [1.29, 1.82) is 0 Å². The molecular weight excluding hydrogens is 522 g/mol. The topological polar surface area (TPSA) is 78.8 Å². The van der Waals surface area contributed by atoms with E-state index in [0.717, 1.165) is 30.0 Å². The van der Waals surface area contributed by atoms with Crippen LogP contribution < -0.4 is 5.43 Å². The summed E-state index contributed by atoms with van der Waals surface area (Å²) in [6.45, 7) is 0.380. The molecule has 3 rings (SSSR count). The van der Waals surface area contributed by atoms with E-state index in [4.69, 9.17) is 11.6 Å². The Balaban J connectivity index is 1.86. The van der Waals surface area contributed by atoms with E-state index >= 15 is 0 Å². The van der Waals surface area contributed by atoms with Crippen LogP contribution in [0.1, 0.15) is 22.3 Å².